The summed E-state index contributed by atoms with van der Waals surface area (Å²) in [5.41, 5.74) is 5.48. The fourth-order valence-electron chi connectivity index (χ4n) is 2.12. The summed E-state index contributed by atoms with van der Waals surface area (Å²) >= 11 is 0. The predicted molar refractivity (Wildman–Crippen MR) is 57.8 cm³/mol. The Morgan fingerprint density at radius 1 is 0.923 bits per heavy atom. The van der Waals surface area contributed by atoms with E-state index in [-0.39, 0.29) is 0 Å². The van der Waals surface area contributed by atoms with Crippen LogP contribution in [-0.4, -0.2) is 19.1 Å². The summed E-state index contributed by atoms with van der Waals surface area (Å²) in [5.74, 6) is 0. The van der Waals surface area contributed by atoms with Gasteiger partial charge in [0, 0.05) is 19.1 Å². The minimum Gasteiger partial charge on any atom is -0.329 e. The Morgan fingerprint density at radius 3 is 2.00 bits per heavy atom. The molecular weight excluding hydrogens is 160 g/mol. The fourth-order valence-corrected chi connectivity index (χ4v) is 2.12. The van der Waals surface area contributed by atoms with Crippen molar-refractivity contribution < 1.29 is 0 Å². The van der Waals surface area contributed by atoms with E-state index < -0.39 is 0 Å². The molecule has 0 aromatic rings. The molecule has 0 atom stereocenters. The van der Waals surface area contributed by atoms with Crippen molar-refractivity contribution in [3.63, 3.8) is 0 Å². The average Bonchev–Trinajstić information content (AvgIpc) is 2.28. The minimum absolute atomic E-state index is 0.752. The molecule has 0 radical (unpaired) electrons. The molecule has 3 N–H and O–H groups in total. The summed E-state index contributed by atoms with van der Waals surface area (Å²) < 4.78 is 0. The maximum absolute atomic E-state index is 5.48. The van der Waals surface area contributed by atoms with E-state index >= 15 is 0 Å². The Labute approximate surface area is 82.3 Å². The Balaban J connectivity index is 2.16. The number of hydrogen-bond acceptors (Lipinski definition) is 2. The Hall–Kier alpha value is -0.0800. The van der Waals surface area contributed by atoms with Crippen molar-refractivity contribution in [2.24, 2.45) is 5.73 Å². The fraction of sp³-hybridized carbons (Fsp3) is 1.00. The van der Waals surface area contributed by atoms with Crippen LogP contribution in [-0.2, 0) is 0 Å². The molecule has 13 heavy (non-hydrogen) atoms. The molecule has 0 amide bonds. The normalized spacial score (nSPS) is 21.9. The van der Waals surface area contributed by atoms with Crippen molar-refractivity contribution in [1.82, 2.24) is 5.32 Å². The van der Waals surface area contributed by atoms with Gasteiger partial charge in [0.25, 0.3) is 0 Å². The van der Waals surface area contributed by atoms with Crippen LogP contribution in [0.25, 0.3) is 0 Å². The van der Waals surface area contributed by atoms with Crippen molar-refractivity contribution >= 4 is 0 Å². The van der Waals surface area contributed by atoms with Crippen LogP contribution in [0, 0.1) is 0 Å². The largest absolute Gasteiger partial charge is 0.329 e. The highest BCUT2D eigenvalue weighted by Crippen LogP contribution is 2.16. The average molecular weight is 184 g/mol. The smallest absolute Gasteiger partial charge is 0.00770 e. The Bertz CT molecular complexity index is 105. The second-order valence-corrected chi connectivity index (χ2v) is 4.14. The van der Waals surface area contributed by atoms with E-state index in [2.05, 4.69) is 5.32 Å². The molecule has 0 aromatic carbocycles. The zero-order valence-electron chi connectivity index (χ0n) is 8.73. The molecule has 0 unspecified atom stereocenters. The number of nitrogens with one attached hydrogen (secondary N) is 1. The van der Waals surface area contributed by atoms with Gasteiger partial charge < -0.3 is 11.1 Å². The lowest BCUT2D eigenvalue weighted by atomic mass is 10.1. The zero-order chi connectivity index (χ0) is 9.36. The van der Waals surface area contributed by atoms with Crippen LogP contribution in [0.1, 0.15) is 51.4 Å². The third-order valence-electron chi connectivity index (χ3n) is 2.93. The second-order valence-electron chi connectivity index (χ2n) is 4.14. The maximum atomic E-state index is 5.48. The lowest BCUT2D eigenvalue weighted by Crippen LogP contribution is -2.33. The monoisotopic (exact) mass is 184 g/mol. The van der Waals surface area contributed by atoms with Gasteiger partial charge in [-0.3, -0.25) is 0 Å². The van der Waals surface area contributed by atoms with Crippen molar-refractivity contribution in [1.29, 1.82) is 0 Å². The molecule has 0 aromatic heterocycles. The van der Waals surface area contributed by atoms with Crippen molar-refractivity contribution in [3.05, 3.63) is 0 Å². The van der Waals surface area contributed by atoms with Crippen LogP contribution >= 0.6 is 0 Å². The highest BCUT2D eigenvalue weighted by atomic mass is 14.9. The second kappa shape index (κ2) is 7.34. The first kappa shape index (κ1) is 11.0. The van der Waals surface area contributed by atoms with E-state index in [0.29, 0.717) is 0 Å². The molecule has 1 aliphatic rings. The third kappa shape index (κ3) is 5.27. The third-order valence-corrected chi connectivity index (χ3v) is 2.93. The van der Waals surface area contributed by atoms with Crippen LogP contribution in [0.5, 0.6) is 0 Å². The summed E-state index contributed by atoms with van der Waals surface area (Å²) in [5, 5.41) is 3.54. The van der Waals surface area contributed by atoms with Crippen LogP contribution < -0.4 is 11.1 Å². The lowest BCUT2D eigenvalue weighted by molar-refractivity contribution is 0.439. The van der Waals surface area contributed by atoms with Gasteiger partial charge in [-0.15, -0.1) is 0 Å². The summed E-state index contributed by atoms with van der Waals surface area (Å²) in [6.45, 7) is 1.77. The lowest BCUT2D eigenvalue weighted by Gasteiger charge is -2.16. The maximum Gasteiger partial charge on any atom is 0.00770 e. The number of rotatable bonds is 3. The molecule has 1 fully saturated rings. The molecule has 2 heteroatoms. The molecule has 0 heterocycles. The van der Waals surface area contributed by atoms with Crippen molar-refractivity contribution in [2.45, 2.75) is 57.4 Å². The van der Waals surface area contributed by atoms with E-state index in [1.54, 1.807) is 0 Å². The molecule has 78 valence electrons. The van der Waals surface area contributed by atoms with Gasteiger partial charge in [0.15, 0.2) is 0 Å². The highest BCUT2D eigenvalue weighted by Gasteiger charge is 2.08. The predicted octanol–water partition coefficient (Wildman–Crippen LogP) is 2.04. The van der Waals surface area contributed by atoms with Crippen LogP contribution in [0.4, 0.5) is 0 Å². The van der Waals surface area contributed by atoms with Crippen LogP contribution in [0.3, 0.4) is 0 Å². The first-order valence-electron chi connectivity index (χ1n) is 5.87. The van der Waals surface area contributed by atoms with E-state index in [4.69, 9.17) is 5.73 Å². The molecule has 2 nitrogen and oxygen atoms in total. The number of nitrogens with two attached hydrogens (primary N) is 1. The zero-order valence-corrected chi connectivity index (χ0v) is 8.73. The van der Waals surface area contributed by atoms with Crippen LogP contribution in [0.2, 0.25) is 0 Å². The summed E-state index contributed by atoms with van der Waals surface area (Å²) in [6.07, 6.45) is 11.3. The van der Waals surface area contributed by atoms with E-state index in [1.807, 2.05) is 0 Å². The van der Waals surface area contributed by atoms with Gasteiger partial charge in [-0.2, -0.15) is 0 Å². The van der Waals surface area contributed by atoms with Gasteiger partial charge in [0.05, 0.1) is 0 Å². The molecule has 0 bridgehead atoms. The quantitative estimate of drug-likeness (QED) is 0.704. The van der Waals surface area contributed by atoms with Crippen molar-refractivity contribution in [3.8, 4) is 0 Å². The Morgan fingerprint density at radius 2 is 1.46 bits per heavy atom. The van der Waals surface area contributed by atoms with Gasteiger partial charge in [-0.1, -0.05) is 38.5 Å². The molecule has 1 saturated carbocycles. The summed E-state index contributed by atoms with van der Waals surface area (Å²) in [6, 6.07) is 0.752. The van der Waals surface area contributed by atoms with Gasteiger partial charge in [0.1, 0.15) is 0 Å². The molecule has 0 spiro atoms. The molecule has 0 aliphatic heterocycles. The van der Waals surface area contributed by atoms with Gasteiger partial charge in [-0.05, 0) is 12.8 Å². The first-order valence-corrected chi connectivity index (χ1v) is 5.87. The first-order chi connectivity index (χ1) is 6.43. The van der Waals surface area contributed by atoms with E-state index in [9.17, 15) is 0 Å². The Kier molecular flexibility index (Phi) is 6.21. The molecule has 0 saturated heterocycles. The van der Waals surface area contributed by atoms with Crippen LogP contribution in [0.15, 0.2) is 0 Å². The standard InChI is InChI=1S/C11H24N2/c12-9-10-13-11-7-5-3-1-2-4-6-8-11/h11,13H,1-10,12H2. The molecular formula is C11H24N2. The van der Waals surface area contributed by atoms with Gasteiger partial charge in [-0.25, -0.2) is 0 Å². The SMILES string of the molecule is NCCNC1CCCCCCCC1. The molecule has 1 aliphatic carbocycles. The topological polar surface area (TPSA) is 38.0 Å². The summed E-state index contributed by atoms with van der Waals surface area (Å²) in [7, 11) is 0. The highest BCUT2D eigenvalue weighted by molar-refractivity contribution is 4.68. The van der Waals surface area contributed by atoms with E-state index in [0.717, 1.165) is 19.1 Å². The molecule has 1 rings (SSSR count). The van der Waals surface area contributed by atoms with Gasteiger partial charge in [0.2, 0.25) is 0 Å². The summed E-state index contributed by atoms with van der Waals surface area (Å²) in [4.78, 5) is 0. The number of hydrogen-bond donors (Lipinski definition) is 2. The van der Waals surface area contributed by atoms with E-state index in [1.165, 1.54) is 51.4 Å². The minimum atomic E-state index is 0.752. The van der Waals surface area contributed by atoms with Gasteiger partial charge >= 0.3 is 0 Å². The van der Waals surface area contributed by atoms with Crippen molar-refractivity contribution in [2.75, 3.05) is 13.1 Å².